The lowest BCUT2D eigenvalue weighted by atomic mass is 10.1. The first kappa shape index (κ1) is 13.7. The van der Waals surface area contributed by atoms with Crippen molar-refractivity contribution in [1.82, 2.24) is 4.98 Å². The maximum Gasteiger partial charge on any atom is 0.417 e. The molecule has 0 bridgehead atoms. The van der Waals surface area contributed by atoms with E-state index in [4.69, 9.17) is 0 Å². The Morgan fingerprint density at radius 2 is 1.89 bits per heavy atom. The van der Waals surface area contributed by atoms with Gasteiger partial charge < -0.3 is 0 Å². The van der Waals surface area contributed by atoms with E-state index in [9.17, 15) is 18.0 Å². The quantitative estimate of drug-likeness (QED) is 0.776. The van der Waals surface area contributed by atoms with E-state index in [1.165, 1.54) is 12.3 Å². The third kappa shape index (κ3) is 3.01. The van der Waals surface area contributed by atoms with Crippen molar-refractivity contribution < 1.29 is 18.0 Å². The van der Waals surface area contributed by atoms with Crippen LogP contribution in [0.5, 0.6) is 0 Å². The number of halogens is 4. The first-order valence-corrected chi connectivity index (χ1v) is 6.01. The molecule has 0 fully saturated rings. The predicted molar refractivity (Wildman–Crippen MR) is 66.8 cm³/mol. The minimum atomic E-state index is -4.45. The van der Waals surface area contributed by atoms with Gasteiger partial charge in [0.25, 0.3) is 0 Å². The Morgan fingerprint density at radius 1 is 1.16 bits per heavy atom. The molecule has 0 aliphatic heterocycles. The summed E-state index contributed by atoms with van der Waals surface area (Å²) in [5.41, 5.74) is -0.474. The van der Waals surface area contributed by atoms with Crippen LogP contribution in [-0.4, -0.2) is 10.8 Å². The fourth-order valence-electron chi connectivity index (χ4n) is 1.53. The van der Waals surface area contributed by atoms with Gasteiger partial charge in [-0.3, -0.25) is 9.78 Å². The summed E-state index contributed by atoms with van der Waals surface area (Å²) >= 11 is 2.83. The number of benzene rings is 1. The van der Waals surface area contributed by atoms with Crippen molar-refractivity contribution in [2.75, 3.05) is 0 Å². The number of carbonyl (C=O) groups excluding carboxylic acids is 1. The molecule has 0 amide bonds. The van der Waals surface area contributed by atoms with Gasteiger partial charge in [0.2, 0.25) is 5.78 Å². The van der Waals surface area contributed by atoms with Gasteiger partial charge >= 0.3 is 6.18 Å². The Bertz CT molecular complexity index is 611. The molecule has 2 nitrogen and oxygen atoms in total. The van der Waals surface area contributed by atoms with Gasteiger partial charge in [-0.1, -0.05) is 28.1 Å². The third-order valence-electron chi connectivity index (χ3n) is 2.43. The van der Waals surface area contributed by atoms with E-state index in [-0.39, 0.29) is 15.7 Å². The van der Waals surface area contributed by atoms with Crippen molar-refractivity contribution in [3.8, 4) is 0 Å². The lowest BCUT2D eigenvalue weighted by Gasteiger charge is -2.10. The zero-order valence-corrected chi connectivity index (χ0v) is 11.0. The van der Waals surface area contributed by atoms with Crippen LogP contribution in [0.15, 0.2) is 47.1 Å². The summed E-state index contributed by atoms with van der Waals surface area (Å²) in [5, 5.41) is 0. The van der Waals surface area contributed by atoms with Crippen molar-refractivity contribution in [2.45, 2.75) is 6.18 Å². The Hall–Kier alpha value is -1.69. The van der Waals surface area contributed by atoms with Gasteiger partial charge in [0.05, 0.1) is 5.56 Å². The minimum absolute atomic E-state index is 0.151. The predicted octanol–water partition coefficient (Wildman–Crippen LogP) is 4.09. The van der Waals surface area contributed by atoms with Gasteiger partial charge in [0, 0.05) is 16.2 Å². The minimum Gasteiger partial charge on any atom is -0.287 e. The molecule has 0 saturated heterocycles. The zero-order valence-electron chi connectivity index (χ0n) is 9.41. The molecule has 1 aromatic heterocycles. The smallest absolute Gasteiger partial charge is 0.287 e. The number of ketones is 1. The average molecular weight is 330 g/mol. The average Bonchev–Trinajstić information content (AvgIpc) is 2.37. The maximum atomic E-state index is 12.6. The lowest BCUT2D eigenvalue weighted by molar-refractivity contribution is -0.138. The normalized spacial score (nSPS) is 11.4. The number of carbonyl (C=O) groups is 1. The molecular weight excluding hydrogens is 323 g/mol. The maximum absolute atomic E-state index is 12.6. The number of hydrogen-bond acceptors (Lipinski definition) is 2. The van der Waals surface area contributed by atoms with Crippen LogP contribution in [-0.2, 0) is 6.18 Å². The summed E-state index contributed by atoms with van der Waals surface area (Å²) < 4.78 is 37.6. The zero-order chi connectivity index (χ0) is 14.0. The fourth-order valence-corrected chi connectivity index (χ4v) is 2.13. The molecule has 0 aliphatic carbocycles. The molecule has 0 spiro atoms. The summed E-state index contributed by atoms with van der Waals surface area (Å²) in [4.78, 5) is 15.9. The van der Waals surface area contributed by atoms with Gasteiger partial charge in [-0.15, -0.1) is 0 Å². The highest BCUT2D eigenvalue weighted by molar-refractivity contribution is 9.10. The molecule has 0 radical (unpaired) electrons. The monoisotopic (exact) mass is 329 g/mol. The van der Waals surface area contributed by atoms with Crippen molar-refractivity contribution in [3.63, 3.8) is 0 Å². The van der Waals surface area contributed by atoms with Crippen LogP contribution in [0.1, 0.15) is 21.6 Å². The van der Waals surface area contributed by atoms with E-state index < -0.39 is 17.5 Å². The number of nitrogens with zero attached hydrogens (tertiary/aromatic N) is 1. The molecule has 19 heavy (non-hydrogen) atoms. The Balaban J connectivity index is 2.38. The summed E-state index contributed by atoms with van der Waals surface area (Å²) in [6.45, 7) is 0. The fraction of sp³-hybridized carbons (Fsp3) is 0.0769. The van der Waals surface area contributed by atoms with Crippen LogP contribution in [0.2, 0.25) is 0 Å². The number of pyridine rings is 1. The highest BCUT2D eigenvalue weighted by atomic mass is 79.9. The highest BCUT2D eigenvalue weighted by Crippen LogP contribution is 2.35. The second kappa shape index (κ2) is 5.13. The van der Waals surface area contributed by atoms with Crippen LogP contribution in [0.4, 0.5) is 13.2 Å². The summed E-state index contributed by atoms with van der Waals surface area (Å²) in [6.07, 6.45) is -3.00. The Kier molecular flexibility index (Phi) is 3.71. The molecule has 1 heterocycles. The SMILES string of the molecule is O=C(c1ccc(C(F)(F)F)c(Br)c1)c1ccccn1. The van der Waals surface area contributed by atoms with Crippen molar-refractivity contribution in [2.24, 2.45) is 0 Å². The van der Waals surface area contributed by atoms with E-state index in [1.54, 1.807) is 12.1 Å². The number of rotatable bonds is 2. The van der Waals surface area contributed by atoms with Gasteiger partial charge in [0.1, 0.15) is 5.69 Å². The number of aromatic nitrogens is 1. The van der Waals surface area contributed by atoms with Crippen LogP contribution >= 0.6 is 15.9 Å². The molecule has 1 aromatic carbocycles. The highest BCUT2D eigenvalue weighted by Gasteiger charge is 2.33. The lowest BCUT2D eigenvalue weighted by Crippen LogP contribution is -2.08. The Labute approximate surface area is 115 Å². The molecule has 0 saturated carbocycles. The molecule has 0 N–H and O–H groups in total. The summed E-state index contributed by atoms with van der Waals surface area (Å²) in [6, 6.07) is 7.97. The molecule has 2 aromatic rings. The first-order chi connectivity index (χ1) is 8.89. The molecule has 2 rings (SSSR count). The third-order valence-corrected chi connectivity index (χ3v) is 3.09. The van der Waals surface area contributed by atoms with E-state index >= 15 is 0 Å². The first-order valence-electron chi connectivity index (χ1n) is 5.22. The second-order valence-corrected chi connectivity index (χ2v) is 4.59. The standard InChI is InChI=1S/C13H7BrF3NO/c14-10-7-8(4-5-9(10)13(15,16)17)12(19)11-3-1-2-6-18-11/h1-7H. The molecule has 0 atom stereocenters. The molecule has 0 aliphatic rings. The second-order valence-electron chi connectivity index (χ2n) is 3.74. The van der Waals surface area contributed by atoms with Crippen LogP contribution < -0.4 is 0 Å². The van der Waals surface area contributed by atoms with E-state index in [0.717, 1.165) is 18.2 Å². The van der Waals surface area contributed by atoms with Crippen LogP contribution in [0, 0.1) is 0 Å². The van der Waals surface area contributed by atoms with Crippen molar-refractivity contribution in [1.29, 1.82) is 0 Å². The molecular formula is C13H7BrF3NO. The number of hydrogen-bond donors (Lipinski definition) is 0. The topological polar surface area (TPSA) is 30.0 Å². The van der Waals surface area contributed by atoms with Crippen LogP contribution in [0.3, 0.4) is 0 Å². The molecule has 6 heteroatoms. The van der Waals surface area contributed by atoms with E-state index in [2.05, 4.69) is 20.9 Å². The molecule has 98 valence electrons. The number of alkyl halides is 3. The van der Waals surface area contributed by atoms with Gasteiger partial charge in [-0.25, -0.2) is 0 Å². The largest absolute Gasteiger partial charge is 0.417 e. The van der Waals surface area contributed by atoms with Gasteiger partial charge in [0.15, 0.2) is 0 Å². The van der Waals surface area contributed by atoms with Crippen LogP contribution in [0.25, 0.3) is 0 Å². The Morgan fingerprint density at radius 3 is 2.42 bits per heavy atom. The summed E-state index contributed by atoms with van der Waals surface area (Å²) in [5.74, 6) is -0.421. The van der Waals surface area contributed by atoms with Crippen molar-refractivity contribution >= 4 is 21.7 Å². The van der Waals surface area contributed by atoms with Gasteiger partial charge in [-0.2, -0.15) is 13.2 Å². The van der Waals surface area contributed by atoms with Gasteiger partial charge in [-0.05, 0) is 24.3 Å². The van der Waals surface area contributed by atoms with E-state index in [1.807, 2.05) is 0 Å². The molecule has 0 unspecified atom stereocenters. The van der Waals surface area contributed by atoms with Crippen molar-refractivity contribution in [3.05, 3.63) is 63.9 Å². The summed E-state index contributed by atoms with van der Waals surface area (Å²) in [7, 11) is 0. The van der Waals surface area contributed by atoms with E-state index in [0.29, 0.717) is 0 Å².